The Morgan fingerprint density at radius 1 is 1.17 bits per heavy atom. The molecule has 0 amide bonds. The Morgan fingerprint density at radius 3 is 2.31 bits per heavy atom. The molecule has 0 radical (unpaired) electrons. The molecule has 1 aliphatic heterocycles. The Labute approximate surface area is 207 Å². The van der Waals surface area contributed by atoms with Crippen LogP contribution in [0.15, 0.2) is 23.0 Å². The van der Waals surface area contributed by atoms with Gasteiger partial charge in [0.2, 0.25) is 15.9 Å². The van der Waals surface area contributed by atoms with Gasteiger partial charge in [-0.25, -0.2) is 8.42 Å². The minimum atomic E-state index is -3.87. The zero-order chi connectivity index (χ0) is 26.6. The number of nitrogens with one attached hydrogen (secondary N) is 2. The average Bonchev–Trinajstić information content (AvgIpc) is 2.94. The maximum absolute atomic E-state index is 13.7. The molecule has 4 N–H and O–H groups in total. The number of rotatable bonds is 6. The highest BCUT2D eigenvalue weighted by Gasteiger charge is 2.38. The van der Waals surface area contributed by atoms with Gasteiger partial charge in [-0.1, -0.05) is 41.5 Å². The summed E-state index contributed by atoms with van der Waals surface area (Å²) in [6, 6.07) is 4.44. The van der Waals surface area contributed by atoms with Gasteiger partial charge in [-0.05, 0) is 30.0 Å². The summed E-state index contributed by atoms with van der Waals surface area (Å²) in [5, 5.41) is 25.7. The molecule has 3 rings (SSSR count). The number of hydrogen-bond donors (Lipinski definition) is 4. The predicted octanol–water partition coefficient (Wildman–Crippen LogP) is 4.34. The number of aromatic nitrogens is 1. The fourth-order valence-electron chi connectivity index (χ4n) is 3.97. The second-order valence-electron chi connectivity index (χ2n) is 11.0. The summed E-state index contributed by atoms with van der Waals surface area (Å²) < 4.78 is 50.5. The van der Waals surface area contributed by atoms with Gasteiger partial charge in [-0.3, -0.25) is 9.29 Å². The van der Waals surface area contributed by atoms with Gasteiger partial charge in [0.05, 0.1) is 22.9 Å². The molecule has 0 fully saturated rings. The molecule has 10 nitrogen and oxygen atoms in total. The van der Waals surface area contributed by atoms with Crippen molar-refractivity contribution in [1.82, 2.24) is 4.57 Å². The largest absolute Gasteiger partial charge is 0.505 e. The zero-order valence-electron chi connectivity index (χ0n) is 21.4. The summed E-state index contributed by atoms with van der Waals surface area (Å²) >= 11 is 0. The summed E-state index contributed by atoms with van der Waals surface area (Å²) in [5.41, 5.74) is 0.609. The molecule has 2 aromatic rings. The highest BCUT2D eigenvalue weighted by molar-refractivity contribution is 7.92. The molecule has 0 saturated heterocycles. The molecule has 0 saturated carbocycles. The quantitative estimate of drug-likeness (QED) is 0.410. The van der Waals surface area contributed by atoms with Crippen molar-refractivity contribution in [2.75, 3.05) is 23.4 Å². The molecule has 1 unspecified atom stereocenters. The van der Waals surface area contributed by atoms with E-state index in [9.17, 15) is 23.2 Å². The second-order valence-corrected chi connectivity index (χ2v) is 14.8. The predicted molar refractivity (Wildman–Crippen MR) is 140 cm³/mol. The van der Waals surface area contributed by atoms with Crippen LogP contribution in [0.1, 0.15) is 59.2 Å². The summed E-state index contributed by atoms with van der Waals surface area (Å²) in [6.07, 6.45) is 1.76. The first-order valence-electron chi connectivity index (χ1n) is 11.2. The Hall–Kier alpha value is -2.49. The molecular formula is C23H35N4O6PS. The summed E-state index contributed by atoms with van der Waals surface area (Å²) in [5.74, 6) is -0.345. The van der Waals surface area contributed by atoms with Crippen LogP contribution in [0.4, 0.5) is 11.4 Å². The number of fused-ring (bicyclic) bond motifs is 1. The van der Waals surface area contributed by atoms with Crippen LogP contribution in [-0.2, 0) is 31.1 Å². The number of sulfonamides is 1. The summed E-state index contributed by atoms with van der Waals surface area (Å²) in [4.78, 5) is 0. The lowest BCUT2D eigenvalue weighted by molar-refractivity contribution is 0.319. The van der Waals surface area contributed by atoms with Crippen LogP contribution in [0.3, 0.4) is 0 Å². The molecule has 0 bridgehead atoms. The molecule has 35 heavy (non-hydrogen) atoms. The van der Waals surface area contributed by atoms with Crippen LogP contribution in [-0.4, -0.2) is 42.4 Å². The maximum atomic E-state index is 13.7. The first-order chi connectivity index (χ1) is 15.9. The van der Waals surface area contributed by atoms with Crippen molar-refractivity contribution in [2.45, 2.75) is 59.9 Å². The van der Waals surface area contributed by atoms with Gasteiger partial charge in [0, 0.05) is 24.8 Å². The van der Waals surface area contributed by atoms with Gasteiger partial charge in [0.15, 0.2) is 11.6 Å². The van der Waals surface area contributed by atoms with Crippen molar-refractivity contribution < 1.29 is 27.7 Å². The minimum absolute atomic E-state index is 0.00140. The van der Waals surface area contributed by atoms with Crippen LogP contribution in [0.2, 0.25) is 0 Å². The molecule has 0 aliphatic carbocycles. The fraction of sp³-hybridized carbons (Fsp3) is 0.522. The molecule has 1 aliphatic rings. The Morgan fingerprint density at radius 2 is 1.80 bits per heavy atom. The summed E-state index contributed by atoms with van der Waals surface area (Å²) in [6.45, 7) is 12.5. The molecule has 0 spiro atoms. The number of benzene rings is 1. The van der Waals surface area contributed by atoms with Crippen LogP contribution in [0, 0.1) is 5.41 Å². The van der Waals surface area contributed by atoms with Crippen LogP contribution in [0.25, 0.3) is 0 Å². The van der Waals surface area contributed by atoms with E-state index in [4.69, 9.17) is 4.52 Å². The Kier molecular flexibility index (Phi) is 6.87. The third kappa shape index (κ3) is 5.68. The second kappa shape index (κ2) is 8.87. The zero-order valence-corrected chi connectivity index (χ0v) is 23.1. The van der Waals surface area contributed by atoms with E-state index in [2.05, 4.69) is 35.6 Å². The smallest absolute Gasteiger partial charge is 0.348 e. The Balaban J connectivity index is 2.17. The van der Waals surface area contributed by atoms with Crippen LogP contribution >= 0.6 is 7.52 Å². The lowest BCUT2D eigenvalue weighted by Crippen LogP contribution is -2.26. The third-order valence-electron chi connectivity index (χ3n) is 5.58. The maximum Gasteiger partial charge on any atom is 0.348 e. The van der Waals surface area contributed by atoms with Crippen LogP contribution in [0.5, 0.6) is 11.6 Å². The molecule has 194 valence electrons. The van der Waals surface area contributed by atoms with Gasteiger partial charge in [-0.15, -0.1) is 0 Å². The Bertz CT molecular complexity index is 1330. The van der Waals surface area contributed by atoms with E-state index in [0.717, 1.165) is 12.7 Å². The van der Waals surface area contributed by atoms with E-state index in [1.165, 1.54) is 19.2 Å². The molecular weight excluding hydrogens is 491 g/mol. The van der Waals surface area contributed by atoms with Crippen molar-refractivity contribution in [1.29, 1.82) is 0 Å². The summed E-state index contributed by atoms with van der Waals surface area (Å²) in [7, 11) is -6.18. The van der Waals surface area contributed by atoms with Crippen molar-refractivity contribution in [3.63, 3.8) is 0 Å². The van der Waals surface area contributed by atoms with Crippen molar-refractivity contribution >= 4 is 40.1 Å². The molecule has 1 aromatic heterocycles. The van der Waals surface area contributed by atoms with Gasteiger partial charge < -0.3 is 24.6 Å². The normalized spacial score (nSPS) is 18.6. The van der Waals surface area contributed by atoms with Gasteiger partial charge in [-0.2, -0.15) is 4.76 Å². The average molecular weight is 527 g/mol. The number of amidine groups is 1. The van der Waals surface area contributed by atoms with Gasteiger partial charge in [0.1, 0.15) is 5.56 Å². The van der Waals surface area contributed by atoms with E-state index in [1.54, 1.807) is 10.6 Å². The number of aromatic hydroxyl groups is 2. The molecule has 2 heterocycles. The van der Waals surface area contributed by atoms with Crippen LogP contribution < -0.4 is 15.3 Å². The first-order valence-corrected chi connectivity index (χ1v) is 14.6. The molecule has 12 heteroatoms. The van der Waals surface area contributed by atoms with Crippen molar-refractivity contribution in [2.24, 2.45) is 10.2 Å². The van der Waals surface area contributed by atoms with Crippen molar-refractivity contribution in [3.05, 3.63) is 29.5 Å². The van der Waals surface area contributed by atoms with Crippen molar-refractivity contribution in [3.8, 4) is 11.6 Å². The monoisotopic (exact) mass is 526 g/mol. The van der Waals surface area contributed by atoms with Gasteiger partial charge in [0.25, 0.3) is 0 Å². The van der Waals surface area contributed by atoms with Gasteiger partial charge >= 0.3 is 7.52 Å². The lowest BCUT2D eigenvalue weighted by Gasteiger charge is -2.25. The number of hydrogen-bond acceptors (Lipinski definition) is 7. The molecule has 1 atom stereocenters. The minimum Gasteiger partial charge on any atom is -0.505 e. The topological polar surface area (TPSA) is 142 Å². The fourth-order valence-corrected chi connectivity index (χ4v) is 6.07. The van der Waals surface area contributed by atoms with E-state index in [1.807, 2.05) is 20.8 Å². The molecule has 1 aromatic carbocycles. The first kappa shape index (κ1) is 27.1. The highest BCUT2D eigenvalue weighted by Crippen LogP contribution is 2.53. The van der Waals surface area contributed by atoms with E-state index < -0.39 is 23.0 Å². The SMILES string of the molecule is COP1(=O)N=C(c2c(O)c(C(C)(C)C)n(CCC(C)(C)C)c2O)Nc2ccc(NS(C)(=O)=O)cc21. The third-order valence-corrected chi connectivity index (χ3v) is 8.12. The van der Waals surface area contributed by atoms with E-state index in [-0.39, 0.29) is 39.4 Å². The number of nitrogens with zero attached hydrogens (tertiary/aromatic N) is 2. The number of anilines is 2. The van der Waals surface area contributed by atoms with E-state index in [0.29, 0.717) is 17.9 Å². The highest BCUT2D eigenvalue weighted by atomic mass is 32.2. The van der Waals surface area contributed by atoms with E-state index >= 15 is 0 Å². The standard InChI is InChI=1S/C23H35N4O6PS/c1-22(2,3)11-12-27-19(23(4,5)6)18(28)17(21(27)29)20-24-15-10-9-14(26-35(8,31)32)13-16(15)34(30,25-20)33-7/h9-10,13,26,28-29H,11-12H2,1-8H3,(H,24,25,30). The lowest BCUT2D eigenvalue weighted by atomic mass is 9.89.